The van der Waals surface area contributed by atoms with Gasteiger partial charge < -0.3 is 9.84 Å². The molecule has 1 aliphatic rings. The van der Waals surface area contributed by atoms with Crippen LogP contribution in [-0.4, -0.2) is 45.3 Å². The molecule has 0 spiro atoms. The summed E-state index contributed by atoms with van der Waals surface area (Å²) in [6.45, 7) is 1.07. The van der Waals surface area contributed by atoms with Gasteiger partial charge in [0, 0.05) is 29.4 Å². The molecule has 0 bridgehead atoms. The van der Waals surface area contributed by atoms with Gasteiger partial charge in [-0.05, 0) is 49.8 Å². The Kier molecular flexibility index (Phi) is 7.77. The summed E-state index contributed by atoms with van der Waals surface area (Å²) in [6.07, 6.45) is 9.07. The molecule has 0 saturated heterocycles. The molecule has 1 aliphatic carbocycles. The number of thioether (sulfide) groups is 1. The number of pyridine rings is 1. The summed E-state index contributed by atoms with van der Waals surface area (Å²) in [6, 6.07) is 11.5. The fourth-order valence-electron chi connectivity index (χ4n) is 4.52. The van der Waals surface area contributed by atoms with Crippen molar-refractivity contribution in [3.8, 4) is 22.4 Å². The highest BCUT2D eigenvalue weighted by atomic mass is 32.2. The molecule has 3 aromatic rings. The van der Waals surface area contributed by atoms with E-state index >= 15 is 0 Å². The van der Waals surface area contributed by atoms with Gasteiger partial charge in [0.05, 0.1) is 12.8 Å². The molecule has 1 saturated carbocycles. The van der Waals surface area contributed by atoms with Crippen molar-refractivity contribution in [3.05, 3.63) is 54.6 Å². The Morgan fingerprint density at radius 1 is 1.15 bits per heavy atom. The van der Waals surface area contributed by atoms with Gasteiger partial charge in [-0.3, -0.25) is 9.67 Å². The first kappa shape index (κ1) is 23.4. The Labute approximate surface area is 197 Å². The van der Waals surface area contributed by atoms with Crippen molar-refractivity contribution in [2.45, 2.75) is 37.3 Å². The summed E-state index contributed by atoms with van der Waals surface area (Å²) in [5, 5.41) is 14.7. The first-order chi connectivity index (χ1) is 16.0. The number of carboxylic acids is 1. The van der Waals surface area contributed by atoms with E-state index in [1.54, 1.807) is 18.0 Å². The molecule has 4 rings (SSSR count). The van der Waals surface area contributed by atoms with Gasteiger partial charge in [-0.15, -0.1) is 11.8 Å². The fraction of sp³-hybridized carbons (Fsp3) is 0.400. The van der Waals surface area contributed by atoms with Crippen LogP contribution in [0.5, 0.6) is 0 Å². The minimum absolute atomic E-state index is 0.232. The van der Waals surface area contributed by atoms with Crippen molar-refractivity contribution in [1.29, 1.82) is 0 Å². The minimum atomic E-state index is -0.925. The van der Waals surface area contributed by atoms with E-state index in [2.05, 4.69) is 9.67 Å². The molecule has 0 aliphatic heterocycles. The molecule has 1 aromatic carbocycles. The number of aromatic nitrogens is 3. The number of rotatable bonds is 9. The van der Waals surface area contributed by atoms with E-state index in [1.807, 2.05) is 36.6 Å². The van der Waals surface area contributed by atoms with Crippen LogP contribution in [0, 0.1) is 17.7 Å². The van der Waals surface area contributed by atoms with Crippen molar-refractivity contribution in [2.75, 3.05) is 19.5 Å². The zero-order valence-electron chi connectivity index (χ0n) is 18.6. The van der Waals surface area contributed by atoms with Gasteiger partial charge >= 0.3 is 5.97 Å². The van der Waals surface area contributed by atoms with Crippen LogP contribution < -0.4 is 0 Å². The molecular formula is C25H28FN3O3S. The van der Waals surface area contributed by atoms with E-state index < -0.39 is 5.97 Å². The number of hydrogen-bond donors (Lipinski definition) is 1. The number of nitrogens with zero attached hydrogens (tertiary/aromatic N) is 3. The van der Waals surface area contributed by atoms with Gasteiger partial charge in [-0.25, -0.2) is 9.18 Å². The predicted octanol–water partition coefficient (Wildman–Crippen LogP) is 5.38. The third-order valence-electron chi connectivity index (χ3n) is 6.12. The van der Waals surface area contributed by atoms with Crippen LogP contribution in [0.15, 0.2) is 53.8 Å². The number of ether oxygens (including phenoxy) is 1. The summed E-state index contributed by atoms with van der Waals surface area (Å²) in [4.78, 5) is 14.7. The second-order valence-corrected chi connectivity index (χ2v) is 9.26. The molecule has 33 heavy (non-hydrogen) atoms. The standard InChI is InChI=1S/C25H28FN3O3S/c1-33-25-23(20-11-21(26)13-27-12-20)24(19-5-3-2-4-6-19)28-29(25)14-17-7-9-18(10-8-17)15-32-16-22(30)31/h2-6,11-13,17-18H,7-10,14-16H2,1H3,(H,30,31). The molecule has 2 aromatic heterocycles. The SMILES string of the molecule is CSc1c(-c2cncc(F)c2)c(-c2ccccc2)nn1CC1CCC(COCC(=O)O)CC1. The lowest BCUT2D eigenvalue weighted by molar-refractivity contribution is -0.142. The van der Waals surface area contributed by atoms with Crippen molar-refractivity contribution in [1.82, 2.24) is 14.8 Å². The van der Waals surface area contributed by atoms with E-state index in [1.165, 1.54) is 12.3 Å². The van der Waals surface area contributed by atoms with Gasteiger partial charge in [0.25, 0.3) is 0 Å². The second kappa shape index (κ2) is 10.9. The van der Waals surface area contributed by atoms with Crippen LogP contribution in [0.2, 0.25) is 0 Å². The maximum Gasteiger partial charge on any atom is 0.329 e. The van der Waals surface area contributed by atoms with Gasteiger partial charge in [-0.2, -0.15) is 5.10 Å². The molecule has 174 valence electrons. The molecule has 1 fully saturated rings. The van der Waals surface area contributed by atoms with Crippen molar-refractivity contribution < 1.29 is 19.0 Å². The molecule has 1 N–H and O–H groups in total. The first-order valence-corrected chi connectivity index (χ1v) is 12.4. The summed E-state index contributed by atoms with van der Waals surface area (Å²) < 4.78 is 21.4. The molecule has 0 atom stereocenters. The van der Waals surface area contributed by atoms with Gasteiger partial charge in [0.2, 0.25) is 0 Å². The smallest absolute Gasteiger partial charge is 0.329 e. The van der Waals surface area contributed by atoms with Gasteiger partial charge in [-0.1, -0.05) is 30.3 Å². The number of carbonyl (C=O) groups is 1. The molecule has 8 heteroatoms. The normalized spacial score (nSPS) is 18.4. The van der Waals surface area contributed by atoms with Crippen LogP contribution in [-0.2, 0) is 16.1 Å². The van der Waals surface area contributed by atoms with E-state index in [-0.39, 0.29) is 12.4 Å². The number of benzene rings is 1. The maximum absolute atomic E-state index is 14.0. The molecule has 0 unspecified atom stereocenters. The quantitative estimate of drug-likeness (QED) is 0.424. The molecule has 0 amide bonds. The molecular weight excluding hydrogens is 441 g/mol. The van der Waals surface area contributed by atoms with E-state index in [0.717, 1.165) is 59.6 Å². The van der Waals surface area contributed by atoms with Gasteiger partial charge in [0.1, 0.15) is 23.1 Å². The van der Waals surface area contributed by atoms with Crippen molar-refractivity contribution >= 4 is 17.7 Å². The van der Waals surface area contributed by atoms with Crippen LogP contribution in [0.25, 0.3) is 22.4 Å². The fourth-order valence-corrected chi connectivity index (χ4v) is 5.27. The lowest BCUT2D eigenvalue weighted by Crippen LogP contribution is -2.23. The van der Waals surface area contributed by atoms with Gasteiger partial charge in [0.15, 0.2) is 0 Å². The molecule has 0 radical (unpaired) electrons. The third kappa shape index (κ3) is 5.81. The van der Waals surface area contributed by atoms with E-state index in [9.17, 15) is 9.18 Å². The Morgan fingerprint density at radius 3 is 2.55 bits per heavy atom. The average molecular weight is 470 g/mol. The van der Waals surface area contributed by atoms with Crippen LogP contribution >= 0.6 is 11.8 Å². The predicted molar refractivity (Wildman–Crippen MR) is 127 cm³/mol. The van der Waals surface area contributed by atoms with Crippen LogP contribution in [0.1, 0.15) is 25.7 Å². The Balaban J connectivity index is 1.56. The monoisotopic (exact) mass is 469 g/mol. The lowest BCUT2D eigenvalue weighted by atomic mass is 9.82. The Hall–Kier alpha value is -2.71. The van der Waals surface area contributed by atoms with E-state index in [4.69, 9.17) is 14.9 Å². The third-order valence-corrected chi connectivity index (χ3v) is 6.92. The van der Waals surface area contributed by atoms with Crippen molar-refractivity contribution in [2.24, 2.45) is 11.8 Å². The van der Waals surface area contributed by atoms with Crippen LogP contribution in [0.4, 0.5) is 4.39 Å². The highest BCUT2D eigenvalue weighted by molar-refractivity contribution is 7.98. The number of halogens is 1. The highest BCUT2D eigenvalue weighted by Gasteiger charge is 2.26. The molecule has 2 heterocycles. The lowest BCUT2D eigenvalue weighted by Gasteiger charge is -2.28. The minimum Gasteiger partial charge on any atom is -0.480 e. The second-order valence-electron chi connectivity index (χ2n) is 8.47. The number of carboxylic acid groups (broad SMARTS) is 1. The zero-order valence-corrected chi connectivity index (χ0v) is 19.4. The maximum atomic E-state index is 14.0. The topological polar surface area (TPSA) is 77.2 Å². The largest absolute Gasteiger partial charge is 0.480 e. The summed E-state index contributed by atoms with van der Waals surface area (Å²) >= 11 is 1.62. The Bertz CT molecular complexity index is 1080. The highest BCUT2D eigenvalue weighted by Crippen LogP contribution is 2.40. The average Bonchev–Trinajstić information content (AvgIpc) is 3.18. The first-order valence-electron chi connectivity index (χ1n) is 11.2. The van der Waals surface area contributed by atoms with E-state index in [0.29, 0.717) is 18.4 Å². The number of hydrogen-bond acceptors (Lipinski definition) is 5. The zero-order chi connectivity index (χ0) is 23.2. The Morgan fingerprint density at radius 2 is 1.88 bits per heavy atom. The number of aliphatic carboxylic acids is 1. The van der Waals surface area contributed by atoms with Crippen molar-refractivity contribution in [3.63, 3.8) is 0 Å². The summed E-state index contributed by atoms with van der Waals surface area (Å²) in [7, 11) is 0. The molecule has 6 nitrogen and oxygen atoms in total. The summed E-state index contributed by atoms with van der Waals surface area (Å²) in [5.74, 6) is -0.402. The summed E-state index contributed by atoms with van der Waals surface area (Å²) in [5.41, 5.74) is 3.47. The van der Waals surface area contributed by atoms with Crippen LogP contribution in [0.3, 0.4) is 0 Å².